The number of likely N-dealkylation sites (N-methyl/N-ethyl adjacent to an activating group) is 2. The first kappa shape index (κ1) is 57.6. The lowest BCUT2D eigenvalue weighted by Gasteiger charge is -2.36. The smallest absolute Gasteiger partial charge is 0.411 e. The summed E-state index contributed by atoms with van der Waals surface area (Å²) < 4.78 is 19.4. The summed E-state index contributed by atoms with van der Waals surface area (Å²) in [7, 11) is 2.92. The molecule has 7 rings (SSSR count). The van der Waals surface area contributed by atoms with Gasteiger partial charge in [0.25, 0.3) is 17.4 Å². The predicted octanol–water partition coefficient (Wildman–Crippen LogP) is 4.68. The molecule has 0 radical (unpaired) electrons. The number of benzene rings is 2. The van der Waals surface area contributed by atoms with Crippen molar-refractivity contribution in [3.05, 3.63) is 104 Å². The number of esters is 1. The van der Waals surface area contributed by atoms with Gasteiger partial charge >= 0.3 is 24.2 Å². The monoisotopic (exact) mass is 1140 g/mol. The Morgan fingerprint density at radius 1 is 0.885 bits per heavy atom. The highest BCUT2D eigenvalue weighted by atomic mass is 79.9. The fourth-order valence-electron chi connectivity index (χ4n) is 9.21. The molecule has 0 aliphatic carbocycles. The zero-order chi connectivity index (χ0) is 56.4. The summed E-state index contributed by atoms with van der Waals surface area (Å²) in [5, 5.41) is 11.6. The normalized spacial score (nSPS) is 15.9. The van der Waals surface area contributed by atoms with Crippen molar-refractivity contribution in [2.24, 2.45) is 11.7 Å². The number of fused-ring (bicyclic) bond motifs is 5. The number of hydrogen-bond donors (Lipinski definition) is 5. The van der Waals surface area contributed by atoms with Gasteiger partial charge in [0.1, 0.15) is 25.3 Å². The van der Waals surface area contributed by atoms with E-state index in [1.54, 1.807) is 55.7 Å². The first-order chi connectivity index (χ1) is 37.2. The Bertz CT molecular complexity index is 3090. The molecule has 0 unspecified atom stereocenters. The minimum atomic E-state index is -1.94. The van der Waals surface area contributed by atoms with Crippen LogP contribution in [0.5, 0.6) is 0 Å². The maximum atomic E-state index is 14.0. The van der Waals surface area contributed by atoms with Crippen molar-refractivity contribution >= 4 is 86.2 Å². The van der Waals surface area contributed by atoms with Crippen molar-refractivity contribution < 1.29 is 57.4 Å². The van der Waals surface area contributed by atoms with E-state index in [1.165, 1.54) is 36.0 Å². The summed E-state index contributed by atoms with van der Waals surface area (Å²) in [4.78, 5) is 138. The van der Waals surface area contributed by atoms with Gasteiger partial charge in [-0.25, -0.2) is 24.2 Å². The number of anilines is 1. The van der Waals surface area contributed by atoms with E-state index >= 15 is 0 Å². The van der Waals surface area contributed by atoms with Crippen LogP contribution in [0.25, 0.3) is 22.3 Å². The number of primary amides is 1. The molecule has 0 saturated carbocycles. The highest BCUT2D eigenvalue weighted by Gasteiger charge is 2.51. The van der Waals surface area contributed by atoms with Gasteiger partial charge in [-0.1, -0.05) is 61.3 Å². The SMILES string of the molecule is CC[C@@]1(OC(=O)N(C)CCN(C)C(=O)OCc2ccc(NC(=O)[C@H](CCCNC(N)=O)NC(=O)[C@@H](NC(=O)CCCCCN3C(=O)C=CC3=O)C(C)C)cc2)C(=O)OCc2c1cc1n(c2=O)Cc2cc3c(Br)cccc3nc2-1. The Labute approximate surface area is 457 Å². The maximum Gasteiger partial charge on any atom is 0.411 e. The molecule has 24 heteroatoms. The van der Waals surface area contributed by atoms with Crippen LogP contribution in [0, 0.1) is 5.92 Å². The van der Waals surface area contributed by atoms with Crippen molar-refractivity contribution in [2.75, 3.05) is 45.6 Å². The van der Waals surface area contributed by atoms with Gasteiger partial charge in [-0.3, -0.25) is 33.7 Å². The average Bonchev–Trinajstić information content (AvgIpc) is 4.07. The van der Waals surface area contributed by atoms with Crippen LogP contribution >= 0.6 is 15.9 Å². The van der Waals surface area contributed by atoms with Crippen molar-refractivity contribution in [1.29, 1.82) is 0 Å². The molecule has 5 heterocycles. The van der Waals surface area contributed by atoms with Crippen molar-refractivity contribution in [2.45, 2.75) is 103 Å². The van der Waals surface area contributed by atoms with Crippen LogP contribution in [0.4, 0.5) is 20.1 Å². The lowest BCUT2D eigenvalue weighted by Crippen LogP contribution is -2.54. The first-order valence-corrected chi connectivity index (χ1v) is 26.4. The Kier molecular flexibility index (Phi) is 18.7. The number of pyridine rings is 2. The minimum absolute atomic E-state index is 0.00460. The number of aromatic nitrogens is 2. The number of rotatable bonds is 23. The average molecular weight is 1140 g/mol. The van der Waals surface area contributed by atoms with Crippen LogP contribution in [0.15, 0.2) is 76.0 Å². The summed E-state index contributed by atoms with van der Waals surface area (Å²) in [6.45, 7) is 5.31. The molecular formula is C54H63BrN10O13. The molecule has 3 aliphatic heterocycles. The number of hydrogen-bond acceptors (Lipinski definition) is 14. The van der Waals surface area contributed by atoms with Gasteiger partial charge in [-0.05, 0) is 80.0 Å². The number of nitrogens with two attached hydrogens (primary N) is 1. The largest absolute Gasteiger partial charge is 0.457 e. The van der Waals surface area contributed by atoms with Crippen LogP contribution in [-0.4, -0.2) is 130 Å². The summed E-state index contributed by atoms with van der Waals surface area (Å²) in [5.74, 6) is -3.46. The molecule has 0 saturated heterocycles. The number of nitrogens with one attached hydrogen (secondary N) is 4. The molecule has 3 atom stereocenters. The Balaban J connectivity index is 0.893. The molecule has 4 aromatic rings. The summed E-state index contributed by atoms with van der Waals surface area (Å²) in [5.41, 5.74) is 6.83. The zero-order valence-corrected chi connectivity index (χ0v) is 45.6. The number of ether oxygens (including phenoxy) is 3. The molecule has 414 valence electrons. The quantitative estimate of drug-likeness (QED) is 0.0257. The number of carbonyl (C=O) groups is 9. The van der Waals surface area contributed by atoms with Crippen LogP contribution in [-0.2, 0) is 68.3 Å². The van der Waals surface area contributed by atoms with Gasteiger partial charge in [0.05, 0.1) is 29.0 Å². The van der Waals surface area contributed by atoms with Gasteiger partial charge in [-0.15, -0.1) is 0 Å². The Morgan fingerprint density at radius 2 is 1.59 bits per heavy atom. The predicted molar refractivity (Wildman–Crippen MR) is 287 cm³/mol. The third-order valence-corrected chi connectivity index (χ3v) is 14.5. The number of unbranched alkanes of at least 4 members (excludes halogenated alkanes) is 2. The number of cyclic esters (lactones) is 1. The first-order valence-electron chi connectivity index (χ1n) is 25.6. The van der Waals surface area contributed by atoms with Gasteiger partial charge < -0.3 is 55.6 Å². The van der Waals surface area contributed by atoms with E-state index in [0.29, 0.717) is 47.4 Å². The molecule has 23 nitrogen and oxygen atoms in total. The van der Waals surface area contributed by atoms with E-state index in [4.69, 9.17) is 24.9 Å². The van der Waals surface area contributed by atoms with E-state index in [2.05, 4.69) is 37.2 Å². The number of urea groups is 1. The molecule has 9 amide bonds. The van der Waals surface area contributed by atoms with Crippen LogP contribution < -0.4 is 32.6 Å². The number of amides is 9. The standard InChI is InChI=1S/C54H63BrN10O13/c1-6-54(37-27-41-46-33(26-35-38(55)12-10-13-39(35)59-46)28-65(41)49(71)36(37)30-76-50(54)72)78-53(75)63(5)25-24-62(4)52(74)77-29-32-16-18-34(19-17-32)58-47(69)40(14-11-22-57-51(56)73)60-48(70)45(31(2)3)61-42(66)15-8-7-9-23-64-43(67)20-21-44(64)68/h10,12-13,16-21,26-27,31,40,45H,6-9,11,14-15,22-25,28-30H2,1-5H3,(H,58,69)(H,60,70)(H,61,66)(H3,56,57,73)/t40-,45-,54-/m0/s1. The van der Waals surface area contributed by atoms with Gasteiger partial charge in [-0.2, -0.15) is 0 Å². The molecule has 3 aliphatic rings. The van der Waals surface area contributed by atoms with Gasteiger partial charge in [0, 0.05) is 85.5 Å². The second-order valence-corrected chi connectivity index (χ2v) is 20.4. The molecule has 0 fully saturated rings. The summed E-state index contributed by atoms with van der Waals surface area (Å²) in [6, 6.07) is 12.9. The molecule has 6 N–H and O–H groups in total. The Hall–Kier alpha value is -8.15. The fraction of sp³-hybridized carbons (Fsp3) is 0.426. The second kappa shape index (κ2) is 25.3. The highest BCUT2D eigenvalue weighted by Crippen LogP contribution is 2.41. The number of carbonyl (C=O) groups excluding carboxylic acids is 9. The fourth-order valence-corrected chi connectivity index (χ4v) is 9.68. The lowest BCUT2D eigenvalue weighted by molar-refractivity contribution is -0.173. The number of halogens is 1. The second-order valence-electron chi connectivity index (χ2n) is 19.6. The number of nitrogens with zero attached hydrogens (tertiary/aromatic N) is 5. The molecule has 2 aromatic heterocycles. The van der Waals surface area contributed by atoms with Gasteiger partial charge in [0.15, 0.2) is 0 Å². The van der Waals surface area contributed by atoms with Crippen molar-refractivity contribution in [3.8, 4) is 11.4 Å². The van der Waals surface area contributed by atoms with E-state index in [9.17, 15) is 47.9 Å². The van der Waals surface area contributed by atoms with Crippen LogP contribution in [0.2, 0.25) is 0 Å². The third kappa shape index (κ3) is 13.3. The number of imide groups is 1. The zero-order valence-electron chi connectivity index (χ0n) is 44.0. The van der Waals surface area contributed by atoms with Crippen molar-refractivity contribution in [3.63, 3.8) is 0 Å². The summed E-state index contributed by atoms with van der Waals surface area (Å²) in [6.07, 6.45) is 2.79. The maximum absolute atomic E-state index is 14.0. The topological polar surface area (TPSA) is 300 Å². The van der Waals surface area contributed by atoms with Crippen LogP contribution in [0.3, 0.4) is 0 Å². The molecule has 0 bridgehead atoms. The van der Waals surface area contributed by atoms with Gasteiger partial charge in [0.2, 0.25) is 23.3 Å². The third-order valence-electron chi connectivity index (χ3n) is 13.8. The molecule has 2 aromatic carbocycles. The lowest BCUT2D eigenvalue weighted by atomic mass is 9.85. The highest BCUT2D eigenvalue weighted by molar-refractivity contribution is 9.10. The van der Waals surface area contributed by atoms with E-state index in [-0.39, 0.29) is 112 Å². The van der Waals surface area contributed by atoms with E-state index < -0.39 is 53.7 Å². The van der Waals surface area contributed by atoms with Crippen LogP contribution in [0.1, 0.15) is 88.0 Å². The molecule has 78 heavy (non-hydrogen) atoms. The minimum Gasteiger partial charge on any atom is -0.457 e. The molecular weight excluding hydrogens is 1080 g/mol. The summed E-state index contributed by atoms with van der Waals surface area (Å²) >= 11 is 3.58. The van der Waals surface area contributed by atoms with E-state index in [0.717, 1.165) is 20.3 Å². The Morgan fingerprint density at radius 3 is 2.27 bits per heavy atom. The van der Waals surface area contributed by atoms with Crippen molar-refractivity contribution in [1.82, 2.24) is 40.2 Å². The molecule has 0 spiro atoms. The van der Waals surface area contributed by atoms with E-state index in [1.807, 2.05) is 24.3 Å².